The first-order valence-electron chi connectivity index (χ1n) is 10.2. The second-order valence-electron chi connectivity index (χ2n) is 7.88. The highest BCUT2D eigenvalue weighted by molar-refractivity contribution is 5.82. The van der Waals surface area contributed by atoms with Gasteiger partial charge in [0.25, 0.3) is 0 Å². The van der Waals surface area contributed by atoms with Crippen LogP contribution in [0.1, 0.15) is 31.5 Å². The third-order valence-electron chi connectivity index (χ3n) is 6.10. The Morgan fingerprint density at radius 3 is 2.62 bits per heavy atom. The van der Waals surface area contributed by atoms with Crippen molar-refractivity contribution in [3.8, 4) is 11.3 Å². The highest BCUT2D eigenvalue weighted by Crippen LogP contribution is 2.26. The molecule has 2 N–H and O–H groups in total. The Kier molecular flexibility index (Phi) is 4.43. The van der Waals surface area contributed by atoms with E-state index in [1.54, 1.807) is 0 Å². The van der Waals surface area contributed by atoms with Crippen LogP contribution in [0.4, 0.5) is 5.95 Å². The summed E-state index contributed by atoms with van der Waals surface area (Å²) in [5, 5.41) is 11.5. The van der Waals surface area contributed by atoms with Crippen LogP contribution in [0, 0.1) is 6.92 Å². The Hall–Kier alpha value is -3.00. The molecule has 0 amide bonds. The van der Waals surface area contributed by atoms with E-state index in [1.807, 2.05) is 60.7 Å². The molecule has 1 aliphatic carbocycles. The molecule has 0 spiro atoms. The molecule has 29 heavy (non-hydrogen) atoms. The van der Waals surface area contributed by atoms with Crippen LogP contribution in [0.3, 0.4) is 0 Å². The van der Waals surface area contributed by atoms with Gasteiger partial charge in [-0.25, -0.2) is 19.5 Å². The molecule has 1 fully saturated rings. The van der Waals surface area contributed by atoms with Gasteiger partial charge in [0.05, 0.1) is 17.4 Å². The zero-order valence-corrected chi connectivity index (χ0v) is 17.1. The molecule has 0 atom stereocenters. The van der Waals surface area contributed by atoms with Crippen molar-refractivity contribution in [2.45, 2.75) is 44.7 Å². The average Bonchev–Trinajstić information content (AvgIpc) is 3.29. The maximum absolute atomic E-state index is 4.83. The molecule has 5 rings (SSSR count). The summed E-state index contributed by atoms with van der Waals surface area (Å²) >= 11 is 0. The fourth-order valence-electron chi connectivity index (χ4n) is 4.22. The van der Waals surface area contributed by atoms with Crippen molar-refractivity contribution in [2.24, 2.45) is 7.05 Å². The van der Waals surface area contributed by atoms with Crippen molar-refractivity contribution < 1.29 is 0 Å². The van der Waals surface area contributed by atoms with Crippen molar-refractivity contribution in [3.63, 3.8) is 0 Å². The molecule has 0 aromatic carbocycles. The van der Waals surface area contributed by atoms with E-state index >= 15 is 0 Å². The molecule has 4 aromatic rings. The number of anilines is 1. The maximum atomic E-state index is 4.83. The summed E-state index contributed by atoms with van der Waals surface area (Å²) < 4.78 is 3.89. The van der Waals surface area contributed by atoms with Crippen molar-refractivity contribution >= 4 is 22.6 Å². The van der Waals surface area contributed by atoms with E-state index in [2.05, 4.69) is 25.7 Å². The van der Waals surface area contributed by atoms with Crippen molar-refractivity contribution in [2.75, 3.05) is 12.4 Å². The molecule has 4 aromatic heterocycles. The van der Waals surface area contributed by atoms with E-state index in [1.165, 1.54) is 12.8 Å². The lowest BCUT2D eigenvalue weighted by molar-refractivity contribution is 0.370. The third-order valence-corrected chi connectivity index (χ3v) is 6.10. The van der Waals surface area contributed by atoms with Gasteiger partial charge in [-0.3, -0.25) is 0 Å². The van der Waals surface area contributed by atoms with E-state index in [0.717, 1.165) is 46.6 Å². The second-order valence-corrected chi connectivity index (χ2v) is 7.88. The van der Waals surface area contributed by atoms with Gasteiger partial charge in [0.1, 0.15) is 11.3 Å². The number of fused-ring (bicyclic) bond motifs is 2. The summed E-state index contributed by atoms with van der Waals surface area (Å²) in [5.74, 6) is 1.63. The van der Waals surface area contributed by atoms with E-state index in [9.17, 15) is 0 Å². The Bertz CT molecular complexity index is 1170. The highest BCUT2D eigenvalue weighted by Gasteiger charge is 2.20. The van der Waals surface area contributed by atoms with E-state index in [0.29, 0.717) is 18.0 Å². The van der Waals surface area contributed by atoms with Crippen LogP contribution in [-0.2, 0) is 7.05 Å². The molecule has 0 radical (unpaired) electrons. The highest BCUT2D eigenvalue weighted by atomic mass is 15.3. The number of nitrogens with one attached hydrogen (secondary N) is 2. The number of aryl methyl sites for hydroxylation is 2. The summed E-state index contributed by atoms with van der Waals surface area (Å²) in [6.45, 7) is 1.99. The quantitative estimate of drug-likeness (QED) is 0.557. The van der Waals surface area contributed by atoms with Gasteiger partial charge < -0.3 is 15.2 Å². The van der Waals surface area contributed by atoms with E-state index in [4.69, 9.17) is 4.98 Å². The van der Waals surface area contributed by atoms with Crippen LogP contribution in [0.25, 0.3) is 27.9 Å². The monoisotopic (exact) mass is 390 g/mol. The number of imidazole rings is 1. The Morgan fingerprint density at radius 2 is 1.83 bits per heavy atom. The lowest BCUT2D eigenvalue weighted by Crippen LogP contribution is -2.35. The minimum absolute atomic E-state index is 0.434. The van der Waals surface area contributed by atoms with Gasteiger partial charge in [0, 0.05) is 30.9 Å². The standard InChI is InChI=1S/C21H26N8/c1-13-24-18-9-8-17(26-20(18)28(13)3)16-10-11-29-19(16)12-23-21(27-29)25-15-6-4-14(22-2)5-7-15/h8-12,14-15,22H,4-7H2,1-3H3,(H,25,27)/t14-,15+. The second kappa shape index (κ2) is 7.11. The molecule has 0 aliphatic heterocycles. The summed E-state index contributed by atoms with van der Waals surface area (Å²) in [4.78, 5) is 13.9. The molecule has 0 saturated heterocycles. The fraction of sp³-hybridized carbons (Fsp3) is 0.429. The molecule has 8 heteroatoms. The van der Waals surface area contributed by atoms with Crippen molar-refractivity contribution in [3.05, 3.63) is 36.4 Å². The van der Waals surface area contributed by atoms with E-state index < -0.39 is 0 Å². The summed E-state index contributed by atoms with van der Waals surface area (Å²) in [5.41, 5.74) is 4.66. The first kappa shape index (κ1) is 18.1. The van der Waals surface area contributed by atoms with Crippen LogP contribution in [0.5, 0.6) is 0 Å². The van der Waals surface area contributed by atoms with Gasteiger partial charge in [-0.1, -0.05) is 0 Å². The summed E-state index contributed by atoms with van der Waals surface area (Å²) in [6, 6.07) is 7.15. The molecule has 1 saturated carbocycles. The Labute approximate surface area is 169 Å². The number of pyridine rings is 1. The van der Waals surface area contributed by atoms with Crippen LogP contribution in [0.2, 0.25) is 0 Å². The SMILES string of the molecule is CN[C@H]1CC[C@@H](Nc2ncc3c(-c4ccc5nc(C)n(C)c5n4)ccn3n2)CC1. The van der Waals surface area contributed by atoms with Gasteiger partial charge in [0.15, 0.2) is 5.65 Å². The van der Waals surface area contributed by atoms with Crippen LogP contribution in [-0.4, -0.2) is 48.3 Å². The molecule has 150 valence electrons. The van der Waals surface area contributed by atoms with Gasteiger partial charge >= 0.3 is 0 Å². The summed E-state index contributed by atoms with van der Waals surface area (Å²) in [7, 11) is 4.03. The fourth-order valence-corrected chi connectivity index (χ4v) is 4.22. The minimum atomic E-state index is 0.434. The predicted octanol–water partition coefficient (Wildman–Crippen LogP) is 2.93. The number of nitrogens with zero attached hydrogens (tertiary/aromatic N) is 6. The number of aromatic nitrogens is 6. The molecule has 4 heterocycles. The number of rotatable bonds is 4. The van der Waals surface area contributed by atoms with Gasteiger partial charge in [-0.2, -0.15) is 0 Å². The maximum Gasteiger partial charge on any atom is 0.241 e. The first-order valence-corrected chi connectivity index (χ1v) is 10.2. The number of hydrogen-bond acceptors (Lipinski definition) is 6. The van der Waals surface area contributed by atoms with Crippen LogP contribution < -0.4 is 10.6 Å². The molecule has 0 unspecified atom stereocenters. The molecule has 8 nitrogen and oxygen atoms in total. The summed E-state index contributed by atoms with van der Waals surface area (Å²) in [6.07, 6.45) is 8.49. The number of hydrogen-bond donors (Lipinski definition) is 2. The molecular formula is C21H26N8. The minimum Gasteiger partial charge on any atom is -0.350 e. The van der Waals surface area contributed by atoms with Gasteiger partial charge in [-0.05, 0) is 57.9 Å². The smallest absolute Gasteiger partial charge is 0.241 e. The zero-order valence-electron chi connectivity index (χ0n) is 17.1. The van der Waals surface area contributed by atoms with Gasteiger partial charge in [-0.15, -0.1) is 5.10 Å². The van der Waals surface area contributed by atoms with Crippen LogP contribution in [0.15, 0.2) is 30.6 Å². The predicted molar refractivity (Wildman–Crippen MR) is 114 cm³/mol. The first-order chi connectivity index (χ1) is 14.1. The lowest BCUT2D eigenvalue weighted by Gasteiger charge is -2.28. The topological polar surface area (TPSA) is 85.0 Å². The largest absolute Gasteiger partial charge is 0.350 e. The molecular weight excluding hydrogens is 364 g/mol. The Balaban J connectivity index is 1.41. The molecule has 0 bridgehead atoms. The molecule has 1 aliphatic rings. The van der Waals surface area contributed by atoms with Gasteiger partial charge in [0.2, 0.25) is 5.95 Å². The van der Waals surface area contributed by atoms with Crippen molar-refractivity contribution in [1.29, 1.82) is 0 Å². The third kappa shape index (κ3) is 3.23. The van der Waals surface area contributed by atoms with Crippen molar-refractivity contribution in [1.82, 2.24) is 34.4 Å². The Morgan fingerprint density at radius 1 is 1.03 bits per heavy atom. The van der Waals surface area contributed by atoms with E-state index in [-0.39, 0.29) is 0 Å². The van der Waals surface area contributed by atoms with Crippen LogP contribution >= 0.6 is 0 Å². The lowest BCUT2D eigenvalue weighted by atomic mass is 9.91. The average molecular weight is 390 g/mol. The normalized spacial score (nSPS) is 19.8. The zero-order chi connectivity index (χ0) is 20.0.